The normalized spacial score (nSPS) is 15.8. The summed E-state index contributed by atoms with van der Waals surface area (Å²) in [6, 6.07) is 19.1. The van der Waals surface area contributed by atoms with Crippen molar-refractivity contribution in [1.82, 2.24) is 24.1 Å². The molecule has 0 spiro atoms. The molecular weight excluding hydrogens is 715 g/mol. The van der Waals surface area contributed by atoms with Gasteiger partial charge in [-0.2, -0.15) is 15.0 Å². The van der Waals surface area contributed by atoms with Crippen LogP contribution in [0, 0.1) is 0 Å². The van der Waals surface area contributed by atoms with Crippen LogP contribution < -0.4 is 0 Å². The van der Waals surface area contributed by atoms with E-state index in [1.807, 2.05) is 42.5 Å². The molecule has 4 aromatic heterocycles. The highest BCUT2D eigenvalue weighted by molar-refractivity contribution is 7.26. The molecule has 4 heterocycles. The van der Waals surface area contributed by atoms with E-state index in [1.54, 1.807) is 29.5 Å². The maximum atomic E-state index is 9.22. The standard InChI is InChI=1S/C51H31N5S/c1-6-25-43-37(18-1)38-19-2-7-26-44(38)55(43)50-52-49(53-51(54-50)56-45-27-8-3-20-39(45)40-21-4-9-28-46(40)56)35-17-12-15-33(31-35)32-14-11-16-34(30-32)36-23-13-24-42-41-22-5-10-29-47(41)57-48(36)42/h1-31H/i1D,2D,3D,4D,6D,7D,8D,9D,18D,19D,20D,21D,25D,26D,27D,28D. The average molecular weight is 762 g/mol. The molecular formula is C51H31N5S. The summed E-state index contributed by atoms with van der Waals surface area (Å²) in [5, 5.41) is 1.26. The monoisotopic (exact) mass is 761 g/mol. The summed E-state index contributed by atoms with van der Waals surface area (Å²) in [4.78, 5) is 14.6. The van der Waals surface area contributed by atoms with Gasteiger partial charge in [0, 0.05) is 47.3 Å². The van der Waals surface area contributed by atoms with Gasteiger partial charge in [-0.25, -0.2) is 0 Å². The largest absolute Gasteiger partial charge is 0.278 e. The molecule has 8 aromatic carbocycles. The second kappa shape index (κ2) is 12.6. The lowest BCUT2D eigenvalue weighted by molar-refractivity contribution is 0.893. The summed E-state index contributed by atoms with van der Waals surface area (Å²) in [5.41, 5.74) is 2.54. The molecule has 0 saturated heterocycles. The SMILES string of the molecule is [2H]c1c([2H])c([2H])c2c(c1[2H])c1c([2H])c([2H])c([2H])c([2H])c1n2-c1nc(-c2cccc(-c3cccc(-c4cccc5c4sc4ccccc45)c3)c2)nc(-n2c3c([2H])c([2H])c([2H])c([2H])c3c3c([2H])c([2H])c([2H])c([2H])c32)n1. The van der Waals surface area contributed by atoms with E-state index in [0.717, 1.165) is 46.0 Å². The van der Waals surface area contributed by atoms with Gasteiger partial charge in [0.2, 0.25) is 11.9 Å². The molecule has 0 atom stereocenters. The number of rotatable bonds is 5. The van der Waals surface area contributed by atoms with Crippen LogP contribution in [0.2, 0.25) is 0 Å². The lowest BCUT2D eigenvalue weighted by Gasteiger charge is -2.13. The molecule has 0 aliphatic rings. The van der Waals surface area contributed by atoms with E-state index >= 15 is 0 Å². The quantitative estimate of drug-likeness (QED) is 0.175. The van der Waals surface area contributed by atoms with E-state index in [2.05, 4.69) is 30.3 Å². The fourth-order valence-corrected chi connectivity index (χ4v) is 8.84. The number of benzene rings is 8. The summed E-state index contributed by atoms with van der Waals surface area (Å²) >= 11 is 1.71. The van der Waals surface area contributed by atoms with Crippen molar-refractivity contribution in [2.75, 3.05) is 0 Å². The van der Waals surface area contributed by atoms with Crippen molar-refractivity contribution in [2.24, 2.45) is 0 Å². The third kappa shape index (κ3) is 4.98. The van der Waals surface area contributed by atoms with E-state index in [9.17, 15) is 5.48 Å². The molecule has 5 nitrogen and oxygen atoms in total. The number of hydrogen-bond acceptors (Lipinski definition) is 4. The van der Waals surface area contributed by atoms with Gasteiger partial charge < -0.3 is 0 Å². The maximum absolute atomic E-state index is 9.22. The summed E-state index contributed by atoms with van der Waals surface area (Å²) in [7, 11) is 0. The minimum Gasteiger partial charge on any atom is -0.278 e. The highest BCUT2D eigenvalue weighted by Crippen LogP contribution is 2.41. The molecule has 0 amide bonds. The topological polar surface area (TPSA) is 48.5 Å². The number of hydrogen-bond donors (Lipinski definition) is 0. The van der Waals surface area contributed by atoms with E-state index in [1.165, 1.54) is 0 Å². The summed E-state index contributed by atoms with van der Waals surface area (Å²) < 4.78 is 147. The summed E-state index contributed by atoms with van der Waals surface area (Å²) in [5.74, 6) is -1.06. The molecule has 12 rings (SSSR count). The van der Waals surface area contributed by atoms with Gasteiger partial charge in [0.05, 0.1) is 44.0 Å². The second-order valence-corrected chi connectivity index (χ2v) is 14.3. The Balaban J connectivity index is 1.18. The third-order valence-electron chi connectivity index (χ3n) is 10.1. The molecule has 0 bridgehead atoms. The molecule has 6 heteroatoms. The first kappa shape index (κ1) is 20.0. The zero-order valence-corrected chi connectivity index (χ0v) is 30.1. The molecule has 57 heavy (non-hydrogen) atoms. The van der Waals surface area contributed by atoms with Crippen LogP contribution in [0.15, 0.2) is 188 Å². The highest BCUT2D eigenvalue weighted by atomic mass is 32.1. The van der Waals surface area contributed by atoms with Crippen LogP contribution in [0.3, 0.4) is 0 Å². The summed E-state index contributed by atoms with van der Waals surface area (Å²) in [6.07, 6.45) is 0. The van der Waals surface area contributed by atoms with Gasteiger partial charge >= 0.3 is 0 Å². The van der Waals surface area contributed by atoms with E-state index in [4.69, 9.17) is 31.4 Å². The van der Waals surface area contributed by atoms with Crippen LogP contribution >= 0.6 is 11.3 Å². The van der Waals surface area contributed by atoms with E-state index < -0.39 is 109 Å². The number of thiophene rings is 1. The van der Waals surface area contributed by atoms with Gasteiger partial charge in [-0.1, -0.05) is 145 Å². The van der Waals surface area contributed by atoms with Crippen molar-refractivity contribution in [3.8, 4) is 45.5 Å². The Hall–Kier alpha value is -7.41. The van der Waals surface area contributed by atoms with Crippen LogP contribution in [0.1, 0.15) is 21.9 Å². The van der Waals surface area contributed by atoms with Crippen LogP contribution in [-0.4, -0.2) is 24.1 Å². The van der Waals surface area contributed by atoms with Crippen LogP contribution in [0.25, 0.3) is 109 Å². The molecule has 0 unspecified atom stereocenters. The van der Waals surface area contributed by atoms with Gasteiger partial charge in [0.15, 0.2) is 5.82 Å². The van der Waals surface area contributed by atoms with Crippen molar-refractivity contribution in [2.45, 2.75) is 0 Å². The summed E-state index contributed by atoms with van der Waals surface area (Å²) in [6.45, 7) is 0. The van der Waals surface area contributed by atoms with Gasteiger partial charge in [0.25, 0.3) is 0 Å². The molecule has 0 fully saturated rings. The Labute approximate surface area is 353 Å². The Morgan fingerprint density at radius 2 is 0.860 bits per heavy atom. The van der Waals surface area contributed by atoms with Crippen molar-refractivity contribution in [3.63, 3.8) is 0 Å². The maximum Gasteiger partial charge on any atom is 0.240 e. The third-order valence-corrected chi connectivity index (χ3v) is 11.3. The Morgan fingerprint density at radius 1 is 0.404 bits per heavy atom. The fourth-order valence-electron chi connectivity index (χ4n) is 7.60. The minimum absolute atomic E-state index is 0.138. The fraction of sp³-hybridized carbons (Fsp3) is 0. The van der Waals surface area contributed by atoms with Gasteiger partial charge in [-0.15, -0.1) is 11.3 Å². The second-order valence-electron chi connectivity index (χ2n) is 13.3. The minimum atomic E-state index is -0.695. The molecule has 0 aliphatic carbocycles. The molecule has 0 saturated carbocycles. The van der Waals surface area contributed by atoms with E-state index in [-0.39, 0.29) is 49.4 Å². The number of fused-ring (bicyclic) bond motifs is 9. The lowest BCUT2D eigenvalue weighted by Crippen LogP contribution is -2.10. The van der Waals surface area contributed by atoms with Crippen molar-refractivity contribution in [3.05, 3.63) is 188 Å². The van der Waals surface area contributed by atoms with Gasteiger partial charge in [-0.05, 0) is 64.6 Å². The Bertz CT molecular complexity index is 4150. The first-order valence-electron chi connectivity index (χ1n) is 25.8. The number of nitrogens with zero attached hydrogens (tertiary/aromatic N) is 5. The Kier molecular flexibility index (Phi) is 4.40. The molecule has 12 aromatic rings. The predicted octanol–water partition coefficient (Wildman–Crippen LogP) is 13.4. The van der Waals surface area contributed by atoms with Gasteiger partial charge in [-0.3, -0.25) is 9.13 Å². The Morgan fingerprint density at radius 3 is 1.44 bits per heavy atom. The molecule has 266 valence electrons. The van der Waals surface area contributed by atoms with Crippen LogP contribution in [0.5, 0.6) is 0 Å². The van der Waals surface area contributed by atoms with Crippen LogP contribution in [0.4, 0.5) is 0 Å². The zero-order valence-electron chi connectivity index (χ0n) is 45.3. The van der Waals surface area contributed by atoms with Crippen LogP contribution in [-0.2, 0) is 0 Å². The zero-order chi connectivity index (χ0) is 51.4. The lowest BCUT2D eigenvalue weighted by atomic mass is 9.97. The first-order valence-corrected chi connectivity index (χ1v) is 18.6. The molecule has 0 radical (unpaired) electrons. The van der Waals surface area contributed by atoms with Crippen molar-refractivity contribution < 1.29 is 21.9 Å². The number of aromatic nitrogens is 5. The first-order chi connectivity index (χ1) is 34.9. The number of para-hydroxylation sites is 4. The van der Waals surface area contributed by atoms with Gasteiger partial charge in [0.1, 0.15) is 0 Å². The van der Waals surface area contributed by atoms with Crippen molar-refractivity contribution >= 4 is 75.1 Å². The highest BCUT2D eigenvalue weighted by Gasteiger charge is 2.20. The average Bonchev–Trinajstić information content (AvgIpc) is 4.10. The molecule has 0 aliphatic heterocycles. The molecule has 0 N–H and O–H groups in total. The predicted molar refractivity (Wildman–Crippen MR) is 238 cm³/mol. The van der Waals surface area contributed by atoms with Crippen molar-refractivity contribution in [1.29, 1.82) is 0 Å². The van der Waals surface area contributed by atoms with E-state index in [0.29, 0.717) is 11.1 Å². The smallest absolute Gasteiger partial charge is 0.240 e.